The van der Waals surface area contributed by atoms with Crippen LogP contribution in [0.25, 0.3) is 0 Å². The summed E-state index contributed by atoms with van der Waals surface area (Å²) >= 11 is 0. The van der Waals surface area contributed by atoms with Crippen molar-refractivity contribution in [3.63, 3.8) is 0 Å². The summed E-state index contributed by atoms with van der Waals surface area (Å²) in [4.78, 5) is 2.80. The first-order valence-electron chi connectivity index (χ1n) is 10.3. The summed E-state index contributed by atoms with van der Waals surface area (Å²) in [6.07, 6.45) is 5.66. The monoisotopic (exact) mass is 336 g/mol. The lowest BCUT2D eigenvalue weighted by Gasteiger charge is -2.42. The third kappa shape index (κ3) is 3.41. The van der Waals surface area contributed by atoms with E-state index in [2.05, 4.69) is 51.8 Å². The van der Waals surface area contributed by atoms with Crippen LogP contribution in [0.2, 0.25) is 0 Å². The van der Waals surface area contributed by atoms with Gasteiger partial charge in [0.25, 0.3) is 0 Å². The van der Waals surface area contributed by atoms with Gasteiger partial charge in [0.1, 0.15) is 0 Å². The number of hydrogen-bond donors (Lipinski definition) is 1. The first-order valence-corrected chi connectivity index (χ1v) is 10.3. The molecule has 0 aromatic carbocycles. The van der Waals surface area contributed by atoms with Crippen LogP contribution < -0.4 is 5.32 Å². The molecule has 0 aromatic rings. The molecule has 3 aliphatic rings. The SMILES string of the molecule is CC(C)C1CC(C(C)(C)N2CCC(C(C)(C)C3CCCO3)C2)CN1. The minimum Gasteiger partial charge on any atom is -0.378 e. The Kier molecular flexibility index (Phi) is 5.36. The van der Waals surface area contributed by atoms with E-state index in [-0.39, 0.29) is 0 Å². The molecule has 3 fully saturated rings. The van der Waals surface area contributed by atoms with E-state index in [1.54, 1.807) is 0 Å². The van der Waals surface area contributed by atoms with E-state index in [0.717, 1.165) is 24.4 Å². The van der Waals surface area contributed by atoms with Gasteiger partial charge < -0.3 is 10.1 Å². The Bertz CT molecular complexity index is 426. The smallest absolute Gasteiger partial charge is 0.0630 e. The fourth-order valence-electron chi connectivity index (χ4n) is 5.39. The Balaban J connectivity index is 1.62. The Morgan fingerprint density at radius 2 is 1.83 bits per heavy atom. The molecule has 3 nitrogen and oxygen atoms in total. The van der Waals surface area contributed by atoms with Crippen molar-refractivity contribution in [1.82, 2.24) is 10.2 Å². The van der Waals surface area contributed by atoms with Crippen molar-refractivity contribution in [1.29, 1.82) is 0 Å². The Morgan fingerprint density at radius 3 is 2.42 bits per heavy atom. The second-order valence-corrected chi connectivity index (χ2v) is 10.1. The van der Waals surface area contributed by atoms with Crippen molar-refractivity contribution < 1.29 is 4.74 Å². The van der Waals surface area contributed by atoms with Crippen molar-refractivity contribution in [2.24, 2.45) is 23.2 Å². The van der Waals surface area contributed by atoms with E-state index >= 15 is 0 Å². The van der Waals surface area contributed by atoms with Crippen LogP contribution in [0.1, 0.15) is 67.2 Å². The van der Waals surface area contributed by atoms with E-state index in [1.807, 2.05) is 0 Å². The highest BCUT2D eigenvalue weighted by Gasteiger charge is 2.47. The molecule has 0 bridgehead atoms. The van der Waals surface area contributed by atoms with Crippen molar-refractivity contribution in [3.8, 4) is 0 Å². The largest absolute Gasteiger partial charge is 0.378 e. The second-order valence-electron chi connectivity index (χ2n) is 10.1. The minimum atomic E-state index is 0.304. The summed E-state index contributed by atoms with van der Waals surface area (Å²) in [5.74, 6) is 2.29. The zero-order valence-electron chi connectivity index (χ0n) is 16.9. The molecule has 3 aliphatic heterocycles. The third-order valence-corrected chi connectivity index (χ3v) is 7.78. The second kappa shape index (κ2) is 6.89. The average Bonchev–Trinajstić information content (AvgIpc) is 3.25. The van der Waals surface area contributed by atoms with E-state index in [4.69, 9.17) is 4.74 Å². The maximum Gasteiger partial charge on any atom is 0.0630 e. The third-order valence-electron chi connectivity index (χ3n) is 7.78. The fourth-order valence-corrected chi connectivity index (χ4v) is 5.39. The van der Waals surface area contributed by atoms with Gasteiger partial charge in [0.05, 0.1) is 6.10 Å². The highest BCUT2D eigenvalue weighted by Crippen LogP contribution is 2.45. The molecule has 3 heteroatoms. The van der Waals surface area contributed by atoms with E-state index in [1.165, 1.54) is 45.3 Å². The molecule has 0 aliphatic carbocycles. The van der Waals surface area contributed by atoms with E-state index in [9.17, 15) is 0 Å². The van der Waals surface area contributed by atoms with E-state index in [0.29, 0.717) is 23.1 Å². The molecule has 0 radical (unpaired) electrons. The lowest BCUT2D eigenvalue weighted by Crippen LogP contribution is -2.50. The van der Waals surface area contributed by atoms with Crippen LogP contribution in [-0.2, 0) is 4.74 Å². The van der Waals surface area contributed by atoms with Gasteiger partial charge in [0.2, 0.25) is 0 Å². The molecule has 0 aromatic heterocycles. The summed E-state index contributed by atoms with van der Waals surface area (Å²) in [5.41, 5.74) is 0.619. The first kappa shape index (κ1) is 18.7. The van der Waals surface area contributed by atoms with Gasteiger partial charge in [0, 0.05) is 31.3 Å². The summed E-state index contributed by atoms with van der Waals surface area (Å²) in [6.45, 7) is 19.3. The molecule has 3 saturated heterocycles. The molecule has 140 valence electrons. The molecule has 0 saturated carbocycles. The maximum atomic E-state index is 6.06. The van der Waals surface area contributed by atoms with Crippen LogP contribution in [0.3, 0.4) is 0 Å². The summed E-state index contributed by atoms with van der Waals surface area (Å²) in [6, 6.07) is 0.705. The van der Waals surface area contributed by atoms with Gasteiger partial charge in [-0.3, -0.25) is 4.90 Å². The summed E-state index contributed by atoms with van der Waals surface area (Å²) in [7, 11) is 0. The number of nitrogens with zero attached hydrogens (tertiary/aromatic N) is 1. The van der Waals surface area contributed by atoms with Crippen molar-refractivity contribution >= 4 is 0 Å². The van der Waals surface area contributed by atoms with Crippen molar-refractivity contribution in [2.45, 2.75) is 84.9 Å². The number of hydrogen-bond acceptors (Lipinski definition) is 3. The van der Waals surface area contributed by atoms with Gasteiger partial charge in [0.15, 0.2) is 0 Å². The fraction of sp³-hybridized carbons (Fsp3) is 1.00. The van der Waals surface area contributed by atoms with Gasteiger partial charge in [-0.1, -0.05) is 27.7 Å². The molecule has 24 heavy (non-hydrogen) atoms. The van der Waals surface area contributed by atoms with Crippen LogP contribution in [-0.4, -0.2) is 48.8 Å². The minimum absolute atomic E-state index is 0.304. The Morgan fingerprint density at radius 1 is 1.08 bits per heavy atom. The van der Waals surface area contributed by atoms with Crippen LogP contribution in [0.5, 0.6) is 0 Å². The number of likely N-dealkylation sites (tertiary alicyclic amines) is 1. The predicted molar refractivity (Wildman–Crippen MR) is 101 cm³/mol. The number of ether oxygens (including phenoxy) is 1. The zero-order chi connectivity index (χ0) is 17.5. The van der Waals surface area contributed by atoms with E-state index < -0.39 is 0 Å². The molecule has 4 unspecified atom stereocenters. The van der Waals surface area contributed by atoms with Crippen LogP contribution in [0, 0.1) is 23.2 Å². The molecule has 4 atom stereocenters. The van der Waals surface area contributed by atoms with Gasteiger partial charge in [-0.15, -0.1) is 0 Å². The highest BCUT2D eigenvalue weighted by atomic mass is 16.5. The van der Waals surface area contributed by atoms with Crippen molar-refractivity contribution in [3.05, 3.63) is 0 Å². The first-order chi connectivity index (χ1) is 11.2. The molecule has 3 heterocycles. The molecule has 0 spiro atoms. The van der Waals surface area contributed by atoms with Crippen molar-refractivity contribution in [2.75, 3.05) is 26.2 Å². The summed E-state index contributed by atoms with van der Waals surface area (Å²) in [5, 5.41) is 3.78. The molecule has 0 amide bonds. The molecular formula is C21H40N2O. The summed E-state index contributed by atoms with van der Waals surface area (Å²) < 4.78 is 6.06. The highest BCUT2D eigenvalue weighted by molar-refractivity contribution is 5.01. The molecule has 1 N–H and O–H groups in total. The number of rotatable bonds is 5. The standard InChI is InChI=1S/C21H40N2O/c1-15(2)18-12-17(13-22-18)21(5,6)23-10-9-16(14-23)20(3,4)19-8-7-11-24-19/h15-19,22H,7-14H2,1-6H3. The topological polar surface area (TPSA) is 24.5 Å². The van der Waals surface area contributed by atoms with Crippen LogP contribution in [0.15, 0.2) is 0 Å². The Labute approximate surface area is 149 Å². The van der Waals surface area contributed by atoms with Crippen LogP contribution in [0.4, 0.5) is 0 Å². The average molecular weight is 337 g/mol. The van der Waals surface area contributed by atoms with Gasteiger partial charge in [-0.05, 0) is 69.2 Å². The predicted octanol–water partition coefficient (Wildman–Crippen LogP) is 3.93. The molecular weight excluding hydrogens is 296 g/mol. The Hall–Kier alpha value is -0.120. The van der Waals surface area contributed by atoms with Gasteiger partial charge >= 0.3 is 0 Å². The maximum absolute atomic E-state index is 6.06. The van der Waals surface area contributed by atoms with Gasteiger partial charge in [-0.25, -0.2) is 0 Å². The normalized spacial score (nSPS) is 36.1. The van der Waals surface area contributed by atoms with Gasteiger partial charge in [-0.2, -0.15) is 0 Å². The number of nitrogens with one attached hydrogen (secondary N) is 1. The van der Waals surface area contributed by atoms with Crippen LogP contribution >= 0.6 is 0 Å². The lowest BCUT2D eigenvalue weighted by molar-refractivity contribution is -0.0178. The molecule has 3 rings (SSSR count). The quantitative estimate of drug-likeness (QED) is 0.823. The lowest BCUT2D eigenvalue weighted by atomic mass is 9.73. The zero-order valence-corrected chi connectivity index (χ0v) is 16.9.